The molecule has 4 N–H and O–H groups in total. The van der Waals surface area contributed by atoms with Crippen LogP contribution in [-0.2, 0) is 32.0 Å². The van der Waals surface area contributed by atoms with Crippen molar-refractivity contribution in [3.05, 3.63) is 46.5 Å². The van der Waals surface area contributed by atoms with Gasteiger partial charge in [-0.25, -0.2) is 0 Å². The first-order valence-corrected chi connectivity index (χ1v) is 10.5. The molecule has 190 valence electrons. The fourth-order valence-corrected chi connectivity index (χ4v) is 3.43. The number of aryl methyl sites for hydroxylation is 2. The lowest BCUT2D eigenvalue weighted by Gasteiger charge is -2.17. The molecule has 0 heterocycles. The summed E-state index contributed by atoms with van der Waals surface area (Å²) >= 11 is 0. The van der Waals surface area contributed by atoms with Crippen molar-refractivity contribution in [2.75, 3.05) is 0 Å². The average Bonchev–Trinajstić information content (AvgIpc) is 2.69. The van der Waals surface area contributed by atoms with Gasteiger partial charge in [0.05, 0.1) is 11.1 Å². The lowest BCUT2D eigenvalue weighted by molar-refractivity contribution is -0.133. The number of hydrogen-bond acceptors (Lipinski definition) is 10. The molecule has 0 saturated carbocycles. The summed E-state index contributed by atoms with van der Waals surface area (Å²) in [6.07, 6.45) is -0.0457. The molecule has 0 spiro atoms. The van der Waals surface area contributed by atoms with Crippen LogP contribution in [-0.4, -0.2) is 35.7 Å². The molecule has 0 unspecified atom stereocenters. The highest BCUT2D eigenvalue weighted by molar-refractivity contribution is 5.99. The van der Waals surface area contributed by atoms with Crippen LogP contribution in [0.1, 0.15) is 59.5 Å². The van der Waals surface area contributed by atoms with Crippen LogP contribution in [0.15, 0.2) is 24.3 Å². The molecule has 36 heavy (non-hydrogen) atoms. The highest BCUT2D eigenvalue weighted by atomic mass is 16.6. The largest absolute Gasteiger partial charge is 0.427 e. The Morgan fingerprint density at radius 3 is 1.11 bits per heavy atom. The van der Waals surface area contributed by atoms with E-state index < -0.39 is 35.7 Å². The van der Waals surface area contributed by atoms with Crippen molar-refractivity contribution in [1.29, 1.82) is 0 Å². The Balaban J connectivity index is 2.65. The molecule has 0 aliphatic carbocycles. The third-order valence-corrected chi connectivity index (χ3v) is 4.50. The molecule has 0 aliphatic rings. The predicted molar refractivity (Wildman–Crippen MR) is 123 cm³/mol. The lowest BCUT2D eigenvalue weighted by Crippen LogP contribution is -2.20. The molecule has 0 aliphatic heterocycles. The Bertz CT molecular complexity index is 1170. The zero-order valence-corrected chi connectivity index (χ0v) is 20.0. The normalized spacial score (nSPS) is 10.2. The van der Waals surface area contributed by atoms with Crippen LogP contribution in [0, 0.1) is 0 Å². The molecule has 0 atom stereocenters. The maximum atomic E-state index is 12.2. The number of ether oxygens (including phenoxy) is 4. The molecule has 2 aromatic carbocycles. The molecule has 0 aromatic heterocycles. The maximum absolute atomic E-state index is 12.2. The van der Waals surface area contributed by atoms with Crippen molar-refractivity contribution in [3.63, 3.8) is 0 Å². The number of rotatable bonds is 9. The van der Waals surface area contributed by atoms with Crippen molar-refractivity contribution in [1.82, 2.24) is 0 Å². The van der Waals surface area contributed by atoms with Gasteiger partial charge in [-0.1, -0.05) is 0 Å². The molecule has 0 bridgehead atoms. The number of carbonyl (C=O) groups is 6. The van der Waals surface area contributed by atoms with Gasteiger partial charge < -0.3 is 30.4 Å². The van der Waals surface area contributed by atoms with Crippen LogP contribution in [0.3, 0.4) is 0 Å². The average molecular weight is 500 g/mol. The van der Waals surface area contributed by atoms with Crippen LogP contribution in [0.2, 0.25) is 0 Å². The van der Waals surface area contributed by atoms with E-state index in [0.717, 1.165) is 27.7 Å². The van der Waals surface area contributed by atoms with E-state index in [1.807, 2.05) is 0 Å². The minimum atomic E-state index is -0.931. The molecular weight excluding hydrogens is 476 g/mol. The summed E-state index contributed by atoms with van der Waals surface area (Å²) < 4.78 is 20.3. The van der Waals surface area contributed by atoms with Gasteiger partial charge in [0.2, 0.25) is 0 Å². The van der Waals surface area contributed by atoms with E-state index in [1.54, 1.807) is 0 Å². The first kappa shape index (κ1) is 27.5. The zero-order chi connectivity index (χ0) is 27.2. The summed E-state index contributed by atoms with van der Waals surface area (Å²) in [5.41, 5.74) is 11.1. The van der Waals surface area contributed by atoms with E-state index in [1.165, 1.54) is 24.3 Å². The second-order valence-corrected chi connectivity index (χ2v) is 7.51. The summed E-state index contributed by atoms with van der Waals surface area (Å²) in [6.45, 7) is 4.53. The molecule has 2 rings (SSSR count). The number of esters is 4. The van der Waals surface area contributed by atoms with E-state index in [-0.39, 0.29) is 58.1 Å². The standard InChI is InChI=1S/C24H24N2O10/c1-11(27)33-17-7-15(21(23(25)31)19(9-17)35-13(3)29)5-6-16-8-18(34-12(2)28)10-20(36-14(4)30)22(16)24(26)32/h7-10H,5-6H2,1-4H3,(H2,25,31)(H2,26,32). The monoisotopic (exact) mass is 500 g/mol. The molecule has 0 radical (unpaired) electrons. The molecule has 2 aromatic rings. The molecule has 0 saturated heterocycles. The fraction of sp³-hybridized carbons (Fsp3) is 0.250. The first-order chi connectivity index (χ1) is 16.8. The molecule has 2 amide bonds. The quantitative estimate of drug-likeness (QED) is 0.375. The highest BCUT2D eigenvalue weighted by Crippen LogP contribution is 2.33. The third kappa shape index (κ3) is 7.38. The minimum absolute atomic E-state index is 0.0229. The Hall–Kier alpha value is -4.74. The summed E-state index contributed by atoms with van der Waals surface area (Å²) in [5.74, 6) is -5.21. The highest BCUT2D eigenvalue weighted by Gasteiger charge is 2.23. The Kier molecular flexibility index (Phi) is 8.86. The van der Waals surface area contributed by atoms with E-state index in [9.17, 15) is 28.8 Å². The summed E-state index contributed by atoms with van der Waals surface area (Å²) in [5, 5.41) is 0. The second kappa shape index (κ2) is 11.6. The third-order valence-electron chi connectivity index (χ3n) is 4.50. The molecule has 0 fully saturated rings. The number of nitrogens with two attached hydrogens (primary N) is 2. The van der Waals surface area contributed by atoms with Crippen LogP contribution < -0.4 is 30.4 Å². The van der Waals surface area contributed by atoms with Gasteiger partial charge in [0.1, 0.15) is 23.0 Å². The Morgan fingerprint density at radius 1 is 0.556 bits per heavy atom. The van der Waals surface area contributed by atoms with Gasteiger partial charge >= 0.3 is 23.9 Å². The van der Waals surface area contributed by atoms with Crippen LogP contribution >= 0.6 is 0 Å². The predicted octanol–water partition coefficient (Wildman–Crippen LogP) is 1.37. The number of hydrogen-bond donors (Lipinski definition) is 2. The van der Waals surface area contributed by atoms with Gasteiger partial charge in [0, 0.05) is 39.8 Å². The molecule has 12 nitrogen and oxygen atoms in total. The van der Waals surface area contributed by atoms with Crippen LogP contribution in [0.4, 0.5) is 0 Å². The summed E-state index contributed by atoms with van der Waals surface area (Å²) in [4.78, 5) is 70.5. The summed E-state index contributed by atoms with van der Waals surface area (Å²) in [6, 6.07) is 5.03. The van der Waals surface area contributed by atoms with E-state index in [0.29, 0.717) is 0 Å². The molecule has 12 heteroatoms. The van der Waals surface area contributed by atoms with Gasteiger partial charge in [0.25, 0.3) is 11.8 Å². The van der Waals surface area contributed by atoms with E-state index in [2.05, 4.69) is 0 Å². The lowest BCUT2D eigenvalue weighted by atomic mass is 9.95. The van der Waals surface area contributed by atoms with E-state index >= 15 is 0 Å². The Labute approximate surface area is 205 Å². The Morgan fingerprint density at radius 2 is 0.861 bits per heavy atom. The first-order valence-electron chi connectivity index (χ1n) is 10.5. The van der Waals surface area contributed by atoms with Crippen molar-refractivity contribution in [2.45, 2.75) is 40.5 Å². The zero-order valence-electron chi connectivity index (χ0n) is 20.0. The second-order valence-electron chi connectivity index (χ2n) is 7.51. The molecular formula is C24H24N2O10. The van der Waals surface area contributed by atoms with Crippen molar-refractivity contribution >= 4 is 35.7 Å². The van der Waals surface area contributed by atoms with Gasteiger partial charge in [-0.3, -0.25) is 28.8 Å². The topological polar surface area (TPSA) is 191 Å². The maximum Gasteiger partial charge on any atom is 0.308 e. The fourth-order valence-electron chi connectivity index (χ4n) is 3.43. The van der Waals surface area contributed by atoms with Crippen molar-refractivity contribution in [2.24, 2.45) is 11.5 Å². The van der Waals surface area contributed by atoms with Gasteiger partial charge in [0.15, 0.2) is 0 Å². The minimum Gasteiger partial charge on any atom is -0.427 e. The van der Waals surface area contributed by atoms with Crippen LogP contribution in [0.5, 0.6) is 23.0 Å². The number of primary amides is 2. The number of carbonyl (C=O) groups excluding carboxylic acids is 6. The van der Waals surface area contributed by atoms with Crippen molar-refractivity contribution < 1.29 is 47.7 Å². The van der Waals surface area contributed by atoms with Crippen LogP contribution in [0.25, 0.3) is 0 Å². The van der Waals surface area contributed by atoms with Gasteiger partial charge in [-0.05, 0) is 36.1 Å². The number of benzene rings is 2. The smallest absolute Gasteiger partial charge is 0.308 e. The van der Waals surface area contributed by atoms with Crippen molar-refractivity contribution in [3.8, 4) is 23.0 Å². The van der Waals surface area contributed by atoms with Gasteiger partial charge in [-0.2, -0.15) is 0 Å². The number of amides is 2. The van der Waals surface area contributed by atoms with E-state index in [4.69, 9.17) is 30.4 Å². The SMILES string of the molecule is CC(=O)Oc1cc(CCc2cc(OC(C)=O)cc(OC(C)=O)c2C(N)=O)c(C(N)=O)c(OC(C)=O)c1. The van der Waals surface area contributed by atoms with Gasteiger partial charge in [-0.15, -0.1) is 0 Å². The summed E-state index contributed by atoms with van der Waals surface area (Å²) in [7, 11) is 0.